The summed E-state index contributed by atoms with van der Waals surface area (Å²) in [4.78, 5) is 13.6. The Bertz CT molecular complexity index is 296. The third-order valence-corrected chi connectivity index (χ3v) is 2.54. The number of carbonyl (C=O) groups is 1. The van der Waals surface area contributed by atoms with Crippen molar-refractivity contribution in [3.63, 3.8) is 0 Å². The second-order valence-electron chi connectivity index (χ2n) is 3.54. The summed E-state index contributed by atoms with van der Waals surface area (Å²) in [6.07, 6.45) is 5.87. The van der Waals surface area contributed by atoms with Crippen LogP contribution in [-0.2, 0) is 4.79 Å². The van der Waals surface area contributed by atoms with Gasteiger partial charge in [-0.3, -0.25) is 4.79 Å². The van der Waals surface area contributed by atoms with Gasteiger partial charge in [0.25, 0.3) is 0 Å². The van der Waals surface area contributed by atoms with Crippen molar-refractivity contribution >= 4 is 5.91 Å². The predicted octanol–water partition coefficient (Wildman–Crippen LogP) is -0.192. The van der Waals surface area contributed by atoms with E-state index in [1.807, 2.05) is 30.2 Å². The van der Waals surface area contributed by atoms with Crippen LogP contribution < -0.4 is 10.6 Å². The zero-order chi connectivity index (χ0) is 9.97. The Morgan fingerprint density at radius 3 is 3.14 bits per heavy atom. The second-order valence-corrected chi connectivity index (χ2v) is 3.54. The zero-order valence-electron chi connectivity index (χ0n) is 8.29. The fourth-order valence-corrected chi connectivity index (χ4v) is 1.72. The van der Waals surface area contributed by atoms with Gasteiger partial charge < -0.3 is 15.5 Å². The number of hydrogen-bond donors (Lipinski definition) is 2. The topological polar surface area (TPSA) is 44.4 Å². The van der Waals surface area contributed by atoms with Crippen LogP contribution in [0, 0.1) is 0 Å². The van der Waals surface area contributed by atoms with Crippen molar-refractivity contribution < 1.29 is 4.79 Å². The highest BCUT2D eigenvalue weighted by molar-refractivity contribution is 5.84. The summed E-state index contributed by atoms with van der Waals surface area (Å²) < 4.78 is 0. The van der Waals surface area contributed by atoms with Gasteiger partial charge in [0.05, 0.1) is 6.04 Å². The molecule has 0 aliphatic carbocycles. The predicted molar refractivity (Wildman–Crippen MR) is 54.4 cm³/mol. The molecule has 0 saturated carbocycles. The minimum Gasteiger partial charge on any atom is -0.387 e. The highest BCUT2D eigenvalue weighted by atomic mass is 16.2. The minimum atomic E-state index is -0.0621. The molecule has 2 N–H and O–H groups in total. The lowest BCUT2D eigenvalue weighted by molar-refractivity contribution is -0.132. The molecular formula is C10H15N3O. The van der Waals surface area contributed by atoms with E-state index in [0.29, 0.717) is 0 Å². The fraction of sp³-hybridized carbons (Fsp3) is 0.500. The van der Waals surface area contributed by atoms with Crippen molar-refractivity contribution in [2.45, 2.75) is 13.0 Å². The minimum absolute atomic E-state index is 0.0621. The molecule has 2 aliphatic rings. The first-order chi connectivity index (χ1) is 6.79. The first kappa shape index (κ1) is 9.27. The lowest BCUT2D eigenvalue weighted by atomic mass is 10.2. The lowest BCUT2D eigenvalue weighted by Crippen LogP contribution is -2.53. The molecule has 0 spiro atoms. The highest BCUT2D eigenvalue weighted by Gasteiger charge is 2.26. The number of rotatable bonds is 1. The highest BCUT2D eigenvalue weighted by Crippen LogP contribution is 2.12. The Labute approximate surface area is 83.7 Å². The Kier molecular flexibility index (Phi) is 2.54. The number of hydrogen-bond acceptors (Lipinski definition) is 3. The van der Waals surface area contributed by atoms with Crippen LogP contribution in [0.25, 0.3) is 0 Å². The fourth-order valence-electron chi connectivity index (χ4n) is 1.72. The number of allylic oxidation sites excluding steroid dienone is 1. The van der Waals surface area contributed by atoms with Gasteiger partial charge in [-0.2, -0.15) is 0 Å². The average Bonchev–Trinajstić information content (AvgIpc) is 2.23. The molecule has 0 aromatic rings. The average molecular weight is 193 g/mol. The molecule has 2 rings (SSSR count). The molecule has 0 radical (unpaired) electrons. The maximum absolute atomic E-state index is 11.8. The molecule has 14 heavy (non-hydrogen) atoms. The molecular weight excluding hydrogens is 178 g/mol. The number of amides is 1. The quantitative estimate of drug-likeness (QED) is 0.606. The van der Waals surface area contributed by atoms with Crippen LogP contribution in [0.5, 0.6) is 0 Å². The van der Waals surface area contributed by atoms with E-state index in [9.17, 15) is 4.79 Å². The Morgan fingerprint density at radius 2 is 2.43 bits per heavy atom. The van der Waals surface area contributed by atoms with Gasteiger partial charge in [0.2, 0.25) is 5.91 Å². The summed E-state index contributed by atoms with van der Waals surface area (Å²) in [5.41, 5.74) is 1.02. The molecule has 0 aromatic heterocycles. The third kappa shape index (κ3) is 1.65. The molecule has 4 nitrogen and oxygen atoms in total. The molecule has 0 bridgehead atoms. The molecule has 76 valence electrons. The summed E-state index contributed by atoms with van der Waals surface area (Å²) in [7, 11) is 0. The van der Waals surface area contributed by atoms with Crippen molar-refractivity contribution in [3.05, 3.63) is 24.0 Å². The molecule has 2 aliphatic heterocycles. The zero-order valence-corrected chi connectivity index (χ0v) is 8.29. The van der Waals surface area contributed by atoms with Crippen LogP contribution in [-0.4, -0.2) is 36.5 Å². The van der Waals surface area contributed by atoms with Gasteiger partial charge in [0, 0.05) is 25.3 Å². The molecule has 1 saturated heterocycles. The third-order valence-electron chi connectivity index (χ3n) is 2.54. The van der Waals surface area contributed by atoms with E-state index >= 15 is 0 Å². The van der Waals surface area contributed by atoms with Gasteiger partial charge in [-0.1, -0.05) is 0 Å². The molecule has 1 amide bonds. The Morgan fingerprint density at radius 1 is 1.57 bits per heavy atom. The van der Waals surface area contributed by atoms with Crippen LogP contribution in [0.2, 0.25) is 0 Å². The van der Waals surface area contributed by atoms with Crippen LogP contribution in [0.4, 0.5) is 0 Å². The number of carbonyl (C=O) groups excluding carboxylic acids is 1. The van der Waals surface area contributed by atoms with Crippen molar-refractivity contribution in [3.8, 4) is 0 Å². The van der Waals surface area contributed by atoms with E-state index in [2.05, 4.69) is 10.6 Å². The smallest absolute Gasteiger partial charge is 0.243 e. The molecule has 1 unspecified atom stereocenters. The summed E-state index contributed by atoms with van der Waals surface area (Å²) in [6, 6.07) is -0.0621. The first-order valence-corrected chi connectivity index (χ1v) is 4.94. The first-order valence-electron chi connectivity index (χ1n) is 4.94. The molecule has 4 heteroatoms. The van der Waals surface area contributed by atoms with E-state index in [0.717, 1.165) is 25.3 Å². The summed E-state index contributed by atoms with van der Waals surface area (Å²) in [6.45, 7) is 4.34. The monoisotopic (exact) mass is 193 g/mol. The maximum Gasteiger partial charge on any atom is 0.243 e. The summed E-state index contributed by atoms with van der Waals surface area (Å²) in [5, 5.41) is 6.21. The van der Waals surface area contributed by atoms with Crippen molar-refractivity contribution in [1.82, 2.24) is 15.5 Å². The second kappa shape index (κ2) is 3.84. The van der Waals surface area contributed by atoms with Crippen LogP contribution >= 0.6 is 0 Å². The lowest BCUT2D eigenvalue weighted by Gasteiger charge is -2.32. The molecule has 2 heterocycles. The van der Waals surface area contributed by atoms with E-state index in [1.54, 1.807) is 0 Å². The molecule has 0 aromatic carbocycles. The van der Waals surface area contributed by atoms with Crippen LogP contribution in [0.1, 0.15) is 6.92 Å². The van der Waals surface area contributed by atoms with Crippen molar-refractivity contribution in [2.75, 3.05) is 19.6 Å². The van der Waals surface area contributed by atoms with Crippen LogP contribution in [0.15, 0.2) is 24.0 Å². The van der Waals surface area contributed by atoms with E-state index in [1.165, 1.54) is 0 Å². The summed E-state index contributed by atoms with van der Waals surface area (Å²) >= 11 is 0. The van der Waals surface area contributed by atoms with E-state index < -0.39 is 0 Å². The maximum atomic E-state index is 11.8. The number of nitrogens with zero attached hydrogens (tertiary/aromatic N) is 1. The summed E-state index contributed by atoms with van der Waals surface area (Å²) in [5.74, 6) is 0.161. The standard InChI is InChI=1S/C10H15N3O/c1-8-10(14)13(7-6-12-8)9-2-4-11-5-3-9/h2-4,8,11-12H,5-7H2,1H3. The normalized spacial score (nSPS) is 27.2. The van der Waals surface area contributed by atoms with Crippen molar-refractivity contribution in [1.29, 1.82) is 0 Å². The number of piperazine rings is 1. The SMILES string of the molecule is CC1NCCN(C2=CCNC=C2)C1=O. The number of nitrogens with one attached hydrogen (secondary N) is 2. The molecule has 1 atom stereocenters. The Balaban J connectivity index is 2.12. The van der Waals surface area contributed by atoms with Gasteiger partial charge in [0.15, 0.2) is 0 Å². The van der Waals surface area contributed by atoms with E-state index in [-0.39, 0.29) is 11.9 Å². The largest absolute Gasteiger partial charge is 0.387 e. The Hall–Kier alpha value is -1.29. The van der Waals surface area contributed by atoms with Gasteiger partial charge in [-0.05, 0) is 25.3 Å². The van der Waals surface area contributed by atoms with Gasteiger partial charge in [0.1, 0.15) is 0 Å². The van der Waals surface area contributed by atoms with E-state index in [4.69, 9.17) is 0 Å². The van der Waals surface area contributed by atoms with Crippen molar-refractivity contribution in [2.24, 2.45) is 0 Å². The van der Waals surface area contributed by atoms with Gasteiger partial charge >= 0.3 is 0 Å². The molecule has 1 fully saturated rings. The van der Waals surface area contributed by atoms with Gasteiger partial charge in [-0.25, -0.2) is 0 Å². The van der Waals surface area contributed by atoms with Crippen LogP contribution in [0.3, 0.4) is 0 Å². The number of dihydropyridines is 1. The van der Waals surface area contributed by atoms with Gasteiger partial charge in [-0.15, -0.1) is 0 Å².